The minimum absolute atomic E-state index is 0.154. The van der Waals surface area contributed by atoms with E-state index in [1.54, 1.807) is 30.3 Å². The van der Waals surface area contributed by atoms with Crippen LogP contribution in [0, 0.1) is 0 Å². The Balaban J connectivity index is 1.62. The van der Waals surface area contributed by atoms with Crippen LogP contribution < -0.4 is 10.1 Å². The van der Waals surface area contributed by atoms with Crippen molar-refractivity contribution in [2.24, 2.45) is 0 Å². The zero-order valence-corrected chi connectivity index (χ0v) is 15.6. The monoisotopic (exact) mass is 389 g/mol. The normalized spacial score (nSPS) is 10.6. The van der Waals surface area contributed by atoms with Crippen LogP contribution in [0.1, 0.15) is 28.8 Å². The number of rotatable bonds is 6. The van der Waals surface area contributed by atoms with Gasteiger partial charge in [0, 0.05) is 0 Å². The molecule has 3 aromatic rings. The number of furan rings is 1. The first-order valence-corrected chi connectivity index (χ1v) is 8.88. The lowest BCUT2D eigenvalue weighted by atomic mass is 10.2. The predicted molar refractivity (Wildman–Crippen MR) is 103 cm³/mol. The molecule has 1 aromatic heterocycles. The molecule has 0 aliphatic carbocycles. The van der Waals surface area contributed by atoms with Gasteiger partial charge in [-0.25, -0.2) is 0 Å². The summed E-state index contributed by atoms with van der Waals surface area (Å²) < 4.78 is 11.2. The molecule has 4 nitrogen and oxygen atoms in total. The summed E-state index contributed by atoms with van der Waals surface area (Å²) in [5.74, 6) is 1.01. The lowest BCUT2D eigenvalue weighted by Crippen LogP contribution is -2.11. The highest BCUT2D eigenvalue weighted by molar-refractivity contribution is 6.39. The van der Waals surface area contributed by atoms with Crippen LogP contribution in [-0.4, -0.2) is 5.91 Å². The van der Waals surface area contributed by atoms with E-state index >= 15 is 0 Å². The highest BCUT2D eigenvalue weighted by Crippen LogP contribution is 2.30. The number of halogens is 2. The summed E-state index contributed by atoms with van der Waals surface area (Å²) in [7, 11) is 0. The van der Waals surface area contributed by atoms with E-state index in [9.17, 15) is 4.79 Å². The van der Waals surface area contributed by atoms with Crippen molar-refractivity contribution >= 4 is 34.8 Å². The maximum absolute atomic E-state index is 12.3. The van der Waals surface area contributed by atoms with Gasteiger partial charge in [-0.1, -0.05) is 48.3 Å². The third-order valence-corrected chi connectivity index (χ3v) is 4.43. The smallest absolute Gasteiger partial charge is 0.291 e. The van der Waals surface area contributed by atoms with Crippen LogP contribution in [0.3, 0.4) is 0 Å². The van der Waals surface area contributed by atoms with Crippen molar-refractivity contribution in [3.63, 3.8) is 0 Å². The molecule has 134 valence electrons. The van der Waals surface area contributed by atoms with Crippen molar-refractivity contribution in [2.75, 3.05) is 5.32 Å². The number of benzene rings is 2. The lowest BCUT2D eigenvalue weighted by molar-refractivity contribution is 0.0992. The average Bonchev–Trinajstić information content (AvgIpc) is 3.12. The Morgan fingerprint density at radius 3 is 2.38 bits per heavy atom. The number of para-hydroxylation sites is 1. The fourth-order valence-electron chi connectivity index (χ4n) is 2.35. The molecule has 2 aromatic carbocycles. The average molecular weight is 390 g/mol. The second kappa shape index (κ2) is 8.30. The zero-order chi connectivity index (χ0) is 18.5. The number of hydrogen-bond acceptors (Lipinski definition) is 3. The van der Waals surface area contributed by atoms with Gasteiger partial charge in [-0.15, -0.1) is 0 Å². The highest BCUT2D eigenvalue weighted by Gasteiger charge is 2.15. The topological polar surface area (TPSA) is 51.5 Å². The first kappa shape index (κ1) is 18.4. The molecule has 1 N–H and O–H groups in total. The summed E-state index contributed by atoms with van der Waals surface area (Å²) in [5.41, 5.74) is 1.60. The molecular weight excluding hydrogens is 373 g/mol. The van der Waals surface area contributed by atoms with Gasteiger partial charge in [-0.05, 0) is 48.4 Å². The minimum Gasteiger partial charge on any atom is -0.486 e. The molecule has 0 bridgehead atoms. The molecule has 0 saturated heterocycles. The van der Waals surface area contributed by atoms with Gasteiger partial charge in [0.25, 0.3) is 5.91 Å². The Hall–Kier alpha value is -2.43. The van der Waals surface area contributed by atoms with E-state index < -0.39 is 5.91 Å². The summed E-state index contributed by atoms with van der Waals surface area (Å²) in [4.78, 5) is 12.3. The molecule has 26 heavy (non-hydrogen) atoms. The van der Waals surface area contributed by atoms with Crippen LogP contribution in [0.25, 0.3) is 0 Å². The maximum Gasteiger partial charge on any atom is 0.291 e. The molecule has 1 heterocycles. The van der Waals surface area contributed by atoms with Crippen LogP contribution in [0.15, 0.2) is 59.0 Å². The molecule has 0 unspecified atom stereocenters. The van der Waals surface area contributed by atoms with Crippen molar-refractivity contribution in [3.05, 3.63) is 81.7 Å². The summed E-state index contributed by atoms with van der Waals surface area (Å²) in [6.07, 6.45) is 0.979. The van der Waals surface area contributed by atoms with Crippen LogP contribution in [0.2, 0.25) is 10.0 Å². The van der Waals surface area contributed by atoms with Crippen molar-refractivity contribution in [1.82, 2.24) is 0 Å². The van der Waals surface area contributed by atoms with Crippen molar-refractivity contribution in [3.8, 4) is 5.75 Å². The summed E-state index contributed by atoms with van der Waals surface area (Å²) in [6.45, 7) is 2.33. The standard InChI is InChI=1S/C20H17Cl2NO3/c1-2-13-6-8-14(9-7-13)25-12-15-10-11-18(26-15)20(24)23-19-16(21)4-3-5-17(19)22/h3-11H,2,12H2,1H3,(H,23,24). The molecular formula is C20H17Cl2NO3. The van der Waals surface area contributed by atoms with E-state index in [1.165, 1.54) is 5.56 Å². The molecule has 3 rings (SSSR count). The number of nitrogens with one attached hydrogen (secondary N) is 1. The van der Waals surface area contributed by atoms with Crippen LogP contribution in [0.5, 0.6) is 5.75 Å². The molecule has 0 saturated carbocycles. The molecule has 0 aliphatic rings. The van der Waals surface area contributed by atoms with E-state index in [1.807, 2.05) is 24.3 Å². The maximum atomic E-state index is 12.3. The largest absolute Gasteiger partial charge is 0.486 e. The number of carbonyl (C=O) groups is 1. The zero-order valence-electron chi connectivity index (χ0n) is 14.1. The summed E-state index contributed by atoms with van der Waals surface area (Å²) >= 11 is 12.1. The van der Waals surface area contributed by atoms with Crippen LogP contribution in [-0.2, 0) is 13.0 Å². The third kappa shape index (κ3) is 4.40. The number of carbonyl (C=O) groups excluding carboxylic acids is 1. The van der Waals surface area contributed by atoms with E-state index in [4.69, 9.17) is 32.4 Å². The van der Waals surface area contributed by atoms with Crippen LogP contribution >= 0.6 is 23.2 Å². The second-order valence-electron chi connectivity index (χ2n) is 5.60. The van der Waals surface area contributed by atoms with Gasteiger partial charge in [0.15, 0.2) is 5.76 Å². The van der Waals surface area contributed by atoms with Gasteiger partial charge < -0.3 is 14.5 Å². The van der Waals surface area contributed by atoms with Gasteiger partial charge in [0.1, 0.15) is 18.1 Å². The number of anilines is 1. The van der Waals surface area contributed by atoms with Gasteiger partial charge in [-0.3, -0.25) is 4.79 Å². The molecule has 1 amide bonds. The van der Waals surface area contributed by atoms with Gasteiger partial charge in [0.05, 0.1) is 15.7 Å². The van der Waals surface area contributed by atoms with E-state index in [0.29, 0.717) is 21.5 Å². The second-order valence-corrected chi connectivity index (χ2v) is 6.42. The molecule has 0 spiro atoms. The van der Waals surface area contributed by atoms with Gasteiger partial charge in [0.2, 0.25) is 0 Å². The van der Waals surface area contributed by atoms with Crippen molar-refractivity contribution in [2.45, 2.75) is 20.0 Å². The fraction of sp³-hybridized carbons (Fsp3) is 0.150. The highest BCUT2D eigenvalue weighted by atomic mass is 35.5. The Morgan fingerprint density at radius 1 is 1.04 bits per heavy atom. The summed E-state index contributed by atoms with van der Waals surface area (Å²) in [6, 6.07) is 16.1. The van der Waals surface area contributed by atoms with Crippen LogP contribution in [0.4, 0.5) is 5.69 Å². The SMILES string of the molecule is CCc1ccc(OCc2ccc(C(=O)Nc3c(Cl)cccc3Cl)o2)cc1. The van der Waals surface area contributed by atoms with Gasteiger partial charge >= 0.3 is 0 Å². The molecule has 6 heteroatoms. The predicted octanol–water partition coefficient (Wildman–Crippen LogP) is 5.98. The Bertz CT molecular complexity index is 883. The first-order chi connectivity index (χ1) is 12.6. The molecule has 0 aliphatic heterocycles. The minimum atomic E-state index is -0.432. The number of ether oxygens (including phenoxy) is 1. The number of amides is 1. The fourth-order valence-corrected chi connectivity index (χ4v) is 2.84. The molecule has 0 radical (unpaired) electrons. The quantitative estimate of drug-likeness (QED) is 0.563. The summed E-state index contributed by atoms with van der Waals surface area (Å²) in [5, 5.41) is 3.37. The van der Waals surface area contributed by atoms with E-state index in [2.05, 4.69) is 12.2 Å². The molecule has 0 atom stereocenters. The molecule has 0 fully saturated rings. The van der Waals surface area contributed by atoms with Crippen molar-refractivity contribution in [1.29, 1.82) is 0 Å². The number of aryl methyl sites for hydroxylation is 1. The third-order valence-electron chi connectivity index (χ3n) is 3.80. The lowest BCUT2D eigenvalue weighted by Gasteiger charge is -2.07. The Kier molecular flexibility index (Phi) is 5.86. The van der Waals surface area contributed by atoms with E-state index in [0.717, 1.165) is 12.2 Å². The first-order valence-electron chi connectivity index (χ1n) is 8.12. The van der Waals surface area contributed by atoms with Crippen molar-refractivity contribution < 1.29 is 13.9 Å². The number of hydrogen-bond donors (Lipinski definition) is 1. The Labute approximate surface area is 161 Å². The van der Waals surface area contributed by atoms with Gasteiger partial charge in [-0.2, -0.15) is 0 Å². The van der Waals surface area contributed by atoms with E-state index in [-0.39, 0.29) is 12.4 Å². The Morgan fingerprint density at radius 2 is 1.73 bits per heavy atom.